The molecule has 4 nitrogen and oxygen atoms in total. The van der Waals surface area contributed by atoms with Crippen LogP contribution in [0, 0.1) is 0 Å². The minimum absolute atomic E-state index is 0.0702. The van der Waals surface area contributed by atoms with Crippen LogP contribution >= 0.6 is 11.8 Å². The smallest absolute Gasteiger partial charge is 0.157 e. The van der Waals surface area contributed by atoms with Crippen molar-refractivity contribution in [1.29, 1.82) is 0 Å². The molecule has 0 radical (unpaired) electrons. The van der Waals surface area contributed by atoms with Gasteiger partial charge in [-0.15, -0.1) is 0 Å². The van der Waals surface area contributed by atoms with Gasteiger partial charge in [-0.2, -0.15) is 11.8 Å². The van der Waals surface area contributed by atoms with Gasteiger partial charge in [0.05, 0.1) is 6.61 Å². The number of aromatic nitrogens is 2. The standard InChI is InChI=1S/C12H19N3OS/c1-9(2)13-5-10-6-14-12(15-7-10)11-8-17-4-3-16-11/h6-7,9,11,13H,3-5,8H2,1-2H3. The van der Waals surface area contributed by atoms with Gasteiger partial charge in [0.2, 0.25) is 0 Å². The first-order chi connectivity index (χ1) is 8.25. The van der Waals surface area contributed by atoms with Crippen molar-refractivity contribution in [3.63, 3.8) is 0 Å². The summed E-state index contributed by atoms with van der Waals surface area (Å²) in [6, 6.07) is 0.479. The van der Waals surface area contributed by atoms with Crippen LogP contribution in [0.5, 0.6) is 0 Å². The van der Waals surface area contributed by atoms with E-state index in [4.69, 9.17) is 4.74 Å². The molecule has 1 atom stereocenters. The lowest BCUT2D eigenvalue weighted by Crippen LogP contribution is -2.22. The quantitative estimate of drug-likeness (QED) is 0.886. The fourth-order valence-corrected chi connectivity index (χ4v) is 2.42. The molecule has 0 bridgehead atoms. The first-order valence-electron chi connectivity index (χ1n) is 5.99. The van der Waals surface area contributed by atoms with E-state index in [0.717, 1.165) is 36.0 Å². The highest BCUT2D eigenvalue weighted by atomic mass is 32.2. The molecule has 2 heterocycles. The molecule has 1 aliphatic heterocycles. The lowest BCUT2D eigenvalue weighted by Gasteiger charge is -2.20. The van der Waals surface area contributed by atoms with E-state index in [1.165, 1.54) is 0 Å². The van der Waals surface area contributed by atoms with Crippen LogP contribution in [0.15, 0.2) is 12.4 Å². The predicted octanol–water partition coefficient (Wildman–Crippen LogP) is 1.78. The molecule has 2 rings (SSSR count). The monoisotopic (exact) mass is 253 g/mol. The zero-order chi connectivity index (χ0) is 12.1. The van der Waals surface area contributed by atoms with Crippen molar-refractivity contribution >= 4 is 11.8 Å². The first kappa shape index (κ1) is 12.8. The van der Waals surface area contributed by atoms with Crippen molar-refractivity contribution in [2.24, 2.45) is 0 Å². The third-order valence-electron chi connectivity index (χ3n) is 2.54. The van der Waals surface area contributed by atoms with Crippen LogP contribution in [0.25, 0.3) is 0 Å². The van der Waals surface area contributed by atoms with Gasteiger partial charge in [-0.25, -0.2) is 9.97 Å². The summed E-state index contributed by atoms with van der Waals surface area (Å²) >= 11 is 1.90. The van der Waals surface area contributed by atoms with Crippen molar-refractivity contribution < 1.29 is 4.74 Å². The van der Waals surface area contributed by atoms with E-state index in [1.807, 2.05) is 24.2 Å². The fourth-order valence-electron chi connectivity index (χ4n) is 1.58. The number of rotatable bonds is 4. The van der Waals surface area contributed by atoms with E-state index in [0.29, 0.717) is 6.04 Å². The Hall–Kier alpha value is -0.650. The lowest BCUT2D eigenvalue weighted by atomic mass is 10.3. The number of thioether (sulfide) groups is 1. The lowest BCUT2D eigenvalue weighted by molar-refractivity contribution is 0.0694. The van der Waals surface area contributed by atoms with E-state index in [2.05, 4.69) is 29.1 Å². The third kappa shape index (κ3) is 3.94. The Morgan fingerprint density at radius 3 is 2.82 bits per heavy atom. The second-order valence-electron chi connectivity index (χ2n) is 4.42. The molecule has 17 heavy (non-hydrogen) atoms. The van der Waals surface area contributed by atoms with Gasteiger partial charge in [0, 0.05) is 42.0 Å². The fraction of sp³-hybridized carbons (Fsp3) is 0.667. The summed E-state index contributed by atoms with van der Waals surface area (Å²) in [5.74, 6) is 2.85. The van der Waals surface area contributed by atoms with Gasteiger partial charge in [-0.05, 0) is 0 Å². The van der Waals surface area contributed by atoms with E-state index in [1.54, 1.807) is 0 Å². The topological polar surface area (TPSA) is 47.0 Å². The maximum absolute atomic E-state index is 5.64. The zero-order valence-corrected chi connectivity index (χ0v) is 11.2. The Bertz CT molecular complexity index is 336. The largest absolute Gasteiger partial charge is 0.368 e. The van der Waals surface area contributed by atoms with Crippen molar-refractivity contribution in [1.82, 2.24) is 15.3 Å². The summed E-state index contributed by atoms with van der Waals surface area (Å²) in [6.07, 6.45) is 3.85. The van der Waals surface area contributed by atoms with Crippen LogP contribution in [0.1, 0.15) is 31.3 Å². The SMILES string of the molecule is CC(C)NCc1cnc(C2CSCCO2)nc1. The van der Waals surface area contributed by atoms with Crippen LogP contribution in [-0.2, 0) is 11.3 Å². The molecule has 1 saturated heterocycles. The minimum atomic E-state index is 0.0702. The zero-order valence-electron chi connectivity index (χ0n) is 10.3. The predicted molar refractivity (Wildman–Crippen MR) is 70.0 cm³/mol. The number of hydrogen-bond acceptors (Lipinski definition) is 5. The van der Waals surface area contributed by atoms with Crippen LogP contribution in [0.3, 0.4) is 0 Å². The number of ether oxygens (including phenoxy) is 1. The number of hydrogen-bond donors (Lipinski definition) is 1. The van der Waals surface area contributed by atoms with Gasteiger partial charge >= 0.3 is 0 Å². The molecular formula is C12H19N3OS. The molecule has 1 unspecified atom stereocenters. The Morgan fingerprint density at radius 1 is 1.47 bits per heavy atom. The van der Waals surface area contributed by atoms with Gasteiger partial charge in [-0.3, -0.25) is 0 Å². The molecule has 5 heteroatoms. The molecule has 1 aromatic heterocycles. The molecule has 94 valence electrons. The Kier molecular flexibility index (Phi) is 4.76. The summed E-state index contributed by atoms with van der Waals surface area (Å²) < 4.78 is 5.64. The van der Waals surface area contributed by atoms with Gasteiger partial charge in [-0.1, -0.05) is 13.8 Å². The molecule has 0 aliphatic carbocycles. The highest BCUT2D eigenvalue weighted by Gasteiger charge is 2.18. The molecular weight excluding hydrogens is 234 g/mol. The molecule has 1 aromatic rings. The summed E-state index contributed by atoms with van der Waals surface area (Å²) in [6.45, 7) is 5.87. The average Bonchev–Trinajstić information content (AvgIpc) is 2.38. The van der Waals surface area contributed by atoms with Crippen molar-refractivity contribution in [3.8, 4) is 0 Å². The highest BCUT2D eigenvalue weighted by Crippen LogP contribution is 2.23. The normalized spacial score (nSPS) is 20.8. The Morgan fingerprint density at radius 2 is 2.24 bits per heavy atom. The van der Waals surface area contributed by atoms with Gasteiger partial charge in [0.1, 0.15) is 6.10 Å². The Labute approximate surface area is 107 Å². The van der Waals surface area contributed by atoms with E-state index >= 15 is 0 Å². The summed E-state index contributed by atoms with van der Waals surface area (Å²) in [5.41, 5.74) is 1.12. The second-order valence-corrected chi connectivity index (χ2v) is 5.57. The number of nitrogens with one attached hydrogen (secondary N) is 1. The molecule has 0 amide bonds. The number of nitrogens with zero attached hydrogens (tertiary/aromatic N) is 2. The highest BCUT2D eigenvalue weighted by molar-refractivity contribution is 7.99. The molecule has 0 saturated carbocycles. The minimum Gasteiger partial charge on any atom is -0.368 e. The van der Waals surface area contributed by atoms with Gasteiger partial charge < -0.3 is 10.1 Å². The van der Waals surface area contributed by atoms with E-state index < -0.39 is 0 Å². The van der Waals surface area contributed by atoms with E-state index in [9.17, 15) is 0 Å². The second kappa shape index (κ2) is 6.33. The van der Waals surface area contributed by atoms with Gasteiger partial charge in [0.15, 0.2) is 5.82 Å². The van der Waals surface area contributed by atoms with Crippen molar-refractivity contribution in [2.45, 2.75) is 32.5 Å². The van der Waals surface area contributed by atoms with Crippen LogP contribution in [0.4, 0.5) is 0 Å². The Balaban J connectivity index is 1.92. The van der Waals surface area contributed by atoms with Gasteiger partial charge in [0.25, 0.3) is 0 Å². The van der Waals surface area contributed by atoms with Crippen LogP contribution < -0.4 is 5.32 Å². The maximum atomic E-state index is 5.64. The van der Waals surface area contributed by atoms with Crippen molar-refractivity contribution in [3.05, 3.63) is 23.8 Å². The third-order valence-corrected chi connectivity index (χ3v) is 3.54. The molecule has 1 N–H and O–H groups in total. The molecule has 1 aliphatic rings. The molecule has 0 spiro atoms. The first-order valence-corrected chi connectivity index (χ1v) is 7.14. The van der Waals surface area contributed by atoms with E-state index in [-0.39, 0.29) is 6.10 Å². The van der Waals surface area contributed by atoms with Crippen molar-refractivity contribution in [2.75, 3.05) is 18.1 Å². The average molecular weight is 253 g/mol. The maximum Gasteiger partial charge on any atom is 0.157 e. The van der Waals surface area contributed by atoms with Crippen LogP contribution in [0.2, 0.25) is 0 Å². The van der Waals surface area contributed by atoms with Crippen LogP contribution in [-0.4, -0.2) is 34.1 Å². The summed E-state index contributed by atoms with van der Waals surface area (Å²) in [4.78, 5) is 8.78. The summed E-state index contributed by atoms with van der Waals surface area (Å²) in [7, 11) is 0. The summed E-state index contributed by atoms with van der Waals surface area (Å²) in [5, 5.41) is 3.35. The molecule has 0 aromatic carbocycles. The molecule has 1 fully saturated rings.